The van der Waals surface area contributed by atoms with E-state index in [4.69, 9.17) is 29.9 Å². The molecule has 44 heavy (non-hydrogen) atoms. The van der Waals surface area contributed by atoms with Gasteiger partial charge in [-0.15, -0.1) is 0 Å². The molecular weight excluding hydrogens is 626 g/mol. The SMILES string of the molecule is Cn1c2nc3nc(nc4c5ccccc5c(nc5nc(nc1c1ccccc12)-c1ccccc1-5)n4C)-c1ccccc1-3.[Cl-].[Ga]. The summed E-state index contributed by atoms with van der Waals surface area (Å²) < 4.78 is 4.04. The Kier molecular flexibility index (Phi) is 6.62. The molecule has 0 N–H and O–H groups in total. The Balaban J connectivity index is 0.00000156. The summed E-state index contributed by atoms with van der Waals surface area (Å²) in [6, 6.07) is 32.7. The molecule has 0 aliphatic carbocycles. The van der Waals surface area contributed by atoms with Gasteiger partial charge in [-0.2, -0.15) is 0 Å². The Morgan fingerprint density at radius 3 is 0.841 bits per heavy atom. The van der Waals surface area contributed by atoms with Crippen molar-refractivity contribution >= 4 is 63.9 Å². The molecule has 0 amide bonds. The van der Waals surface area contributed by atoms with E-state index in [-0.39, 0.29) is 32.2 Å². The molecular formula is C34H22ClGaN8-. The summed E-state index contributed by atoms with van der Waals surface area (Å²) in [6.07, 6.45) is 0. The Hall–Kier alpha value is -4.83. The van der Waals surface area contributed by atoms with E-state index in [0.29, 0.717) is 23.3 Å². The standard InChI is InChI=1S/C34H22N8.ClH.Ga/c1-41-31-23-15-7-8-16-24(23)32(41)38-28-20-12-4-6-14-22(20)30(36-28)40-34-26-18-10-9-17-25(26)33(42(34)2)39-29-21-13-5-3-11-19(21)27(35-29)37-31;;/h3-18H,1-2H3;1H;/p-1. The quantitative estimate of drug-likeness (QED) is 0.234. The number of nitrogens with zero attached hydrogens (tertiary/aromatic N) is 8. The van der Waals surface area contributed by atoms with Crippen molar-refractivity contribution in [3.63, 3.8) is 0 Å². The van der Waals surface area contributed by atoms with Crippen LogP contribution in [0.4, 0.5) is 0 Å². The molecule has 4 aromatic carbocycles. The first-order chi connectivity index (χ1) is 20.7. The molecule has 5 heterocycles. The Bertz CT molecular complexity index is 2130. The largest absolute Gasteiger partial charge is 1.00 e. The van der Waals surface area contributed by atoms with Crippen LogP contribution in [0, 0.1) is 0 Å². The number of hydrogen-bond donors (Lipinski definition) is 0. The van der Waals surface area contributed by atoms with Crippen LogP contribution in [0.3, 0.4) is 0 Å². The normalized spacial score (nSPS) is 11.5. The first kappa shape index (κ1) is 28.0. The molecule has 8 bridgehead atoms. The van der Waals surface area contributed by atoms with Crippen molar-refractivity contribution in [1.82, 2.24) is 39.0 Å². The number of aromatic nitrogens is 8. The van der Waals surface area contributed by atoms with E-state index in [1.807, 2.05) is 71.8 Å². The summed E-state index contributed by atoms with van der Waals surface area (Å²) >= 11 is 0. The van der Waals surface area contributed by atoms with E-state index >= 15 is 0 Å². The van der Waals surface area contributed by atoms with Gasteiger partial charge >= 0.3 is 0 Å². The van der Waals surface area contributed by atoms with E-state index in [1.54, 1.807) is 0 Å². The molecule has 10 heteroatoms. The topological polar surface area (TPSA) is 87.2 Å². The summed E-state index contributed by atoms with van der Waals surface area (Å²) in [5.74, 6) is 2.49. The van der Waals surface area contributed by atoms with Crippen molar-refractivity contribution in [3.8, 4) is 45.6 Å². The monoisotopic (exact) mass is 646 g/mol. The van der Waals surface area contributed by atoms with Crippen molar-refractivity contribution in [2.45, 2.75) is 0 Å². The average Bonchev–Trinajstić information content (AvgIpc) is 3.71. The molecule has 209 valence electrons. The smallest absolute Gasteiger partial charge is 0.164 e. The molecule has 3 aromatic heterocycles. The number of hydrogen-bond acceptors (Lipinski definition) is 6. The maximum atomic E-state index is 5.16. The van der Waals surface area contributed by atoms with Gasteiger partial charge in [0.25, 0.3) is 0 Å². The maximum Gasteiger partial charge on any atom is 0.164 e. The minimum atomic E-state index is 0. The molecule has 7 aromatic rings. The van der Waals surface area contributed by atoms with Crippen LogP contribution >= 0.6 is 0 Å². The molecule has 8 nitrogen and oxygen atoms in total. The van der Waals surface area contributed by atoms with Gasteiger partial charge in [-0.3, -0.25) is 0 Å². The summed E-state index contributed by atoms with van der Waals surface area (Å²) in [5, 5.41) is 3.97. The van der Waals surface area contributed by atoms with Crippen LogP contribution in [-0.4, -0.2) is 58.8 Å². The number of halogens is 1. The second-order valence-electron chi connectivity index (χ2n) is 10.6. The van der Waals surface area contributed by atoms with E-state index in [1.165, 1.54) is 0 Å². The second-order valence-corrected chi connectivity index (χ2v) is 10.6. The fourth-order valence-corrected chi connectivity index (χ4v) is 6.14. The van der Waals surface area contributed by atoms with Crippen molar-refractivity contribution in [3.05, 3.63) is 97.1 Å². The Morgan fingerprint density at radius 1 is 0.364 bits per heavy atom. The third-order valence-electron chi connectivity index (χ3n) is 8.18. The Labute approximate surface area is 271 Å². The van der Waals surface area contributed by atoms with Gasteiger partial charge < -0.3 is 21.5 Å². The zero-order valence-electron chi connectivity index (χ0n) is 23.8. The predicted octanol–water partition coefficient (Wildman–Crippen LogP) is 3.51. The van der Waals surface area contributed by atoms with Crippen LogP contribution in [-0.2, 0) is 14.1 Å². The first-order valence-electron chi connectivity index (χ1n) is 13.8. The minimum absolute atomic E-state index is 0. The number of aryl methyl sites for hydroxylation is 2. The summed E-state index contributed by atoms with van der Waals surface area (Å²) in [7, 11) is 3.98. The van der Waals surface area contributed by atoms with Gasteiger partial charge in [0.15, 0.2) is 23.3 Å². The van der Waals surface area contributed by atoms with Crippen LogP contribution in [0.2, 0.25) is 0 Å². The molecule has 0 saturated heterocycles. The average molecular weight is 648 g/mol. The molecule has 0 unspecified atom stereocenters. The van der Waals surface area contributed by atoms with Crippen molar-refractivity contribution < 1.29 is 12.4 Å². The van der Waals surface area contributed by atoms with Crippen molar-refractivity contribution in [2.75, 3.05) is 0 Å². The summed E-state index contributed by atoms with van der Waals surface area (Å²) in [4.78, 5) is 30.6. The predicted molar refractivity (Wildman–Crippen MR) is 171 cm³/mol. The van der Waals surface area contributed by atoms with Gasteiger partial charge in [-0.1, -0.05) is 97.1 Å². The molecule has 0 fully saturated rings. The Morgan fingerprint density at radius 2 is 0.591 bits per heavy atom. The van der Waals surface area contributed by atoms with Crippen molar-refractivity contribution in [2.24, 2.45) is 14.1 Å². The van der Waals surface area contributed by atoms with Crippen LogP contribution in [0.25, 0.3) is 89.7 Å². The fraction of sp³-hybridized carbons (Fsp3) is 0.0588. The second kappa shape index (κ2) is 10.4. The number of benzene rings is 4. The minimum Gasteiger partial charge on any atom is -1.00 e. The molecule has 0 spiro atoms. The summed E-state index contributed by atoms with van der Waals surface area (Å²) in [6.45, 7) is 0. The number of fused-ring (bicyclic) bond motifs is 20. The maximum absolute atomic E-state index is 5.16. The van der Waals surface area contributed by atoms with Gasteiger partial charge in [0.05, 0.1) is 0 Å². The van der Waals surface area contributed by atoms with Gasteiger partial charge in [0, 0.05) is 77.7 Å². The van der Waals surface area contributed by atoms with Crippen LogP contribution in [0.15, 0.2) is 97.1 Å². The number of rotatable bonds is 0. The molecule has 0 saturated carbocycles. The molecule has 2 aliphatic heterocycles. The van der Waals surface area contributed by atoms with Gasteiger partial charge in [0.2, 0.25) is 0 Å². The zero-order valence-corrected chi connectivity index (χ0v) is 26.9. The first-order valence-corrected chi connectivity index (χ1v) is 13.8. The molecule has 0 atom stereocenters. The zero-order chi connectivity index (χ0) is 27.9. The molecule has 2 aliphatic rings. The molecule has 3 radical (unpaired) electrons. The van der Waals surface area contributed by atoms with Gasteiger partial charge in [-0.05, 0) is 0 Å². The summed E-state index contributed by atoms with van der Waals surface area (Å²) in [5.41, 5.74) is 6.89. The third kappa shape index (κ3) is 3.93. The van der Waals surface area contributed by atoms with Crippen LogP contribution in [0.1, 0.15) is 0 Å². The van der Waals surface area contributed by atoms with Crippen molar-refractivity contribution in [1.29, 1.82) is 0 Å². The fourth-order valence-electron chi connectivity index (χ4n) is 6.14. The van der Waals surface area contributed by atoms with E-state index in [9.17, 15) is 0 Å². The molecule has 9 rings (SSSR count). The third-order valence-corrected chi connectivity index (χ3v) is 8.18. The van der Waals surface area contributed by atoms with E-state index in [0.717, 1.165) is 66.4 Å². The van der Waals surface area contributed by atoms with Gasteiger partial charge in [0.1, 0.15) is 22.6 Å². The van der Waals surface area contributed by atoms with Gasteiger partial charge in [-0.25, -0.2) is 29.9 Å². The van der Waals surface area contributed by atoms with E-state index < -0.39 is 0 Å². The van der Waals surface area contributed by atoms with E-state index in [2.05, 4.69) is 48.5 Å². The van der Waals surface area contributed by atoms with Crippen LogP contribution < -0.4 is 12.4 Å². The van der Waals surface area contributed by atoms with Crippen LogP contribution in [0.5, 0.6) is 0 Å².